The molecular weight excluding hydrogens is 517 g/mol. The second-order valence-corrected chi connectivity index (χ2v) is 9.92. The number of rotatable bonds is 7. The second-order valence-electron chi connectivity index (χ2n) is 8.86. The van der Waals surface area contributed by atoms with Gasteiger partial charge in [0, 0.05) is 23.3 Å². The van der Waals surface area contributed by atoms with Gasteiger partial charge in [-0.25, -0.2) is 0 Å². The minimum absolute atomic E-state index is 0.101. The third-order valence-electron chi connectivity index (χ3n) is 6.21. The van der Waals surface area contributed by atoms with Crippen LogP contribution in [0.4, 0.5) is 18.9 Å². The average molecular weight is 549 g/mol. The average Bonchev–Trinajstić information content (AvgIpc) is 3.66. The van der Waals surface area contributed by atoms with Gasteiger partial charge in [0.1, 0.15) is 11.6 Å². The normalized spacial score (nSPS) is 14.8. The lowest BCUT2D eigenvalue weighted by atomic mass is 10.0. The molecule has 3 N–H and O–H groups in total. The van der Waals surface area contributed by atoms with Crippen LogP contribution in [0.2, 0.25) is 0 Å². The standard InChI is InChI=1S/C23H25F3N8OS.C2H6/c1-33-7-5-15(6-8-33)30-17-3-2-4-18-16(17)9-19(34(18)13-23(24,25)26)22-32-31-20(36-22)12-27-21(35)14-10-28-29-11-14;1-2/h2-4,9-11,15,30H,5-8,12-13H2,1H3,(H,27,35)(H,28,29);1-2H3. The Morgan fingerprint density at radius 3 is 2.66 bits per heavy atom. The molecule has 204 valence electrons. The fourth-order valence-electron chi connectivity index (χ4n) is 4.37. The number of nitrogens with one attached hydrogen (secondary N) is 3. The van der Waals surface area contributed by atoms with Crippen LogP contribution in [-0.4, -0.2) is 68.1 Å². The molecule has 5 rings (SSSR count). The number of carbonyl (C=O) groups is 1. The van der Waals surface area contributed by atoms with Crippen LogP contribution in [-0.2, 0) is 13.1 Å². The van der Waals surface area contributed by atoms with Gasteiger partial charge in [-0.3, -0.25) is 9.89 Å². The van der Waals surface area contributed by atoms with Crippen molar-refractivity contribution in [2.75, 3.05) is 25.5 Å². The Hall–Kier alpha value is -3.45. The first kappa shape index (κ1) is 27.6. The summed E-state index contributed by atoms with van der Waals surface area (Å²) in [6, 6.07) is 7.37. The third kappa shape index (κ3) is 6.51. The fraction of sp³-hybridized carbons (Fsp3) is 0.440. The molecule has 0 bridgehead atoms. The van der Waals surface area contributed by atoms with Gasteiger partial charge in [-0.1, -0.05) is 31.3 Å². The number of alkyl halides is 3. The summed E-state index contributed by atoms with van der Waals surface area (Å²) in [4.78, 5) is 14.4. The number of hydrogen-bond donors (Lipinski definition) is 3. The van der Waals surface area contributed by atoms with Crippen LogP contribution in [0.3, 0.4) is 0 Å². The lowest BCUT2D eigenvalue weighted by molar-refractivity contribution is -0.139. The molecule has 13 heteroatoms. The Morgan fingerprint density at radius 2 is 1.97 bits per heavy atom. The predicted octanol–water partition coefficient (Wildman–Crippen LogP) is 4.91. The van der Waals surface area contributed by atoms with E-state index in [9.17, 15) is 18.0 Å². The lowest BCUT2D eigenvalue weighted by Gasteiger charge is -2.30. The largest absolute Gasteiger partial charge is 0.406 e. The van der Waals surface area contributed by atoms with Crippen molar-refractivity contribution in [2.45, 2.75) is 52.0 Å². The molecule has 9 nitrogen and oxygen atoms in total. The van der Waals surface area contributed by atoms with Gasteiger partial charge in [0.2, 0.25) is 0 Å². The van der Waals surface area contributed by atoms with Crippen LogP contribution in [0.25, 0.3) is 21.6 Å². The summed E-state index contributed by atoms with van der Waals surface area (Å²) in [6.45, 7) is 4.90. The maximum Gasteiger partial charge on any atom is 0.406 e. The van der Waals surface area contributed by atoms with Crippen LogP contribution in [0.5, 0.6) is 0 Å². The zero-order valence-electron chi connectivity index (χ0n) is 21.5. The molecule has 4 heterocycles. The Labute approximate surface area is 222 Å². The summed E-state index contributed by atoms with van der Waals surface area (Å²) in [5, 5.41) is 22.3. The van der Waals surface area contributed by atoms with Gasteiger partial charge in [-0.2, -0.15) is 18.3 Å². The van der Waals surface area contributed by atoms with Gasteiger partial charge in [-0.05, 0) is 51.2 Å². The highest BCUT2D eigenvalue weighted by molar-refractivity contribution is 7.14. The molecule has 0 atom stereocenters. The number of aromatic nitrogens is 5. The molecule has 1 aromatic carbocycles. The number of nitrogens with zero attached hydrogens (tertiary/aromatic N) is 5. The van der Waals surface area contributed by atoms with Crippen LogP contribution in [0, 0.1) is 0 Å². The van der Waals surface area contributed by atoms with E-state index in [1.54, 1.807) is 18.2 Å². The Bertz CT molecular complexity index is 1340. The highest BCUT2D eigenvalue weighted by atomic mass is 32.1. The summed E-state index contributed by atoms with van der Waals surface area (Å²) in [6.07, 6.45) is 0.381. The smallest absolute Gasteiger partial charge is 0.382 e. The minimum Gasteiger partial charge on any atom is -0.382 e. The topological polar surface area (TPSA) is 104 Å². The van der Waals surface area contributed by atoms with Crippen molar-refractivity contribution in [3.8, 4) is 10.7 Å². The van der Waals surface area contributed by atoms with E-state index < -0.39 is 12.7 Å². The van der Waals surface area contributed by atoms with E-state index in [-0.39, 0.29) is 18.5 Å². The number of H-pyrrole nitrogens is 1. The van der Waals surface area contributed by atoms with Crippen molar-refractivity contribution in [1.29, 1.82) is 0 Å². The monoisotopic (exact) mass is 548 g/mol. The van der Waals surface area contributed by atoms with Crippen molar-refractivity contribution in [3.05, 3.63) is 47.2 Å². The number of halogens is 3. The molecule has 38 heavy (non-hydrogen) atoms. The van der Waals surface area contributed by atoms with E-state index in [2.05, 4.69) is 43.0 Å². The second kappa shape index (κ2) is 11.9. The zero-order valence-corrected chi connectivity index (χ0v) is 22.3. The SMILES string of the molecule is CC.CN1CCC(Nc2cccc3c2cc(-c2nnc(CNC(=O)c4cn[nH]c4)s2)n3CC(F)(F)F)CC1. The summed E-state index contributed by atoms with van der Waals surface area (Å²) in [5.41, 5.74) is 1.99. The first-order valence-electron chi connectivity index (χ1n) is 12.5. The number of carbonyl (C=O) groups excluding carboxylic acids is 1. The molecule has 1 fully saturated rings. The summed E-state index contributed by atoms with van der Waals surface area (Å²) >= 11 is 1.15. The number of amides is 1. The molecule has 1 saturated heterocycles. The number of aromatic amines is 1. The number of piperidine rings is 1. The van der Waals surface area contributed by atoms with E-state index in [4.69, 9.17) is 0 Å². The number of benzene rings is 1. The molecule has 1 aliphatic heterocycles. The molecule has 0 unspecified atom stereocenters. The maximum atomic E-state index is 13.6. The minimum atomic E-state index is -4.41. The molecule has 3 aromatic heterocycles. The summed E-state index contributed by atoms with van der Waals surface area (Å²) < 4.78 is 42.0. The molecule has 1 aliphatic rings. The summed E-state index contributed by atoms with van der Waals surface area (Å²) in [7, 11) is 2.08. The highest BCUT2D eigenvalue weighted by Gasteiger charge is 2.31. The molecule has 0 aliphatic carbocycles. The van der Waals surface area contributed by atoms with Crippen LogP contribution in [0.15, 0.2) is 36.7 Å². The van der Waals surface area contributed by atoms with Crippen molar-refractivity contribution in [2.24, 2.45) is 0 Å². The number of anilines is 1. The van der Waals surface area contributed by atoms with Crippen molar-refractivity contribution in [1.82, 2.24) is 35.2 Å². The van der Waals surface area contributed by atoms with Crippen molar-refractivity contribution in [3.63, 3.8) is 0 Å². The number of hydrogen-bond acceptors (Lipinski definition) is 7. The molecule has 1 amide bonds. The third-order valence-corrected chi connectivity index (χ3v) is 7.15. The Balaban J connectivity index is 0.00000164. The van der Waals surface area contributed by atoms with E-state index in [1.807, 2.05) is 19.9 Å². The van der Waals surface area contributed by atoms with Gasteiger partial charge >= 0.3 is 6.18 Å². The fourth-order valence-corrected chi connectivity index (χ4v) is 5.18. The maximum absolute atomic E-state index is 13.6. The Morgan fingerprint density at radius 1 is 1.21 bits per heavy atom. The number of fused-ring (bicyclic) bond motifs is 1. The lowest BCUT2D eigenvalue weighted by Crippen LogP contribution is -2.36. The van der Waals surface area contributed by atoms with E-state index >= 15 is 0 Å². The van der Waals surface area contributed by atoms with Crippen molar-refractivity contribution < 1.29 is 18.0 Å². The van der Waals surface area contributed by atoms with Crippen molar-refractivity contribution >= 4 is 33.8 Å². The molecule has 0 saturated carbocycles. The van der Waals surface area contributed by atoms with Gasteiger partial charge in [0.25, 0.3) is 5.91 Å². The molecule has 4 aromatic rings. The highest BCUT2D eigenvalue weighted by Crippen LogP contribution is 2.36. The Kier molecular flexibility index (Phi) is 8.67. The quantitative estimate of drug-likeness (QED) is 0.303. The van der Waals surface area contributed by atoms with Gasteiger partial charge in [-0.15, -0.1) is 10.2 Å². The van der Waals surface area contributed by atoms with E-state index in [0.29, 0.717) is 32.2 Å². The first-order valence-corrected chi connectivity index (χ1v) is 13.3. The predicted molar refractivity (Wildman–Crippen MR) is 142 cm³/mol. The molecule has 0 spiro atoms. The van der Waals surface area contributed by atoms with Gasteiger partial charge in [0.15, 0.2) is 5.01 Å². The van der Waals surface area contributed by atoms with Crippen LogP contribution < -0.4 is 10.6 Å². The van der Waals surface area contributed by atoms with Crippen LogP contribution >= 0.6 is 11.3 Å². The van der Waals surface area contributed by atoms with E-state index in [0.717, 1.165) is 43.0 Å². The molecule has 0 radical (unpaired) electrons. The van der Waals surface area contributed by atoms with Crippen LogP contribution in [0.1, 0.15) is 42.1 Å². The van der Waals surface area contributed by atoms with Gasteiger partial charge < -0.3 is 20.1 Å². The van der Waals surface area contributed by atoms with Gasteiger partial charge in [0.05, 0.1) is 29.5 Å². The zero-order chi connectivity index (χ0) is 27.3. The molecular formula is C25H31F3N8OS. The summed E-state index contributed by atoms with van der Waals surface area (Å²) in [5.74, 6) is -0.337. The first-order chi connectivity index (χ1) is 18.3. The number of likely N-dealkylation sites (tertiary alicyclic amines) is 1. The van der Waals surface area contributed by atoms with E-state index in [1.165, 1.54) is 17.0 Å².